The third-order valence-corrected chi connectivity index (χ3v) is 5.41. The Hall–Kier alpha value is -1.86. The van der Waals surface area contributed by atoms with Crippen molar-refractivity contribution < 1.29 is 4.79 Å². The predicted octanol–water partition coefficient (Wildman–Crippen LogP) is 2.16. The molecule has 26 heavy (non-hydrogen) atoms. The summed E-state index contributed by atoms with van der Waals surface area (Å²) in [4.78, 5) is 21.7. The first kappa shape index (κ1) is 18.9. The number of hydrogen-bond donors (Lipinski definition) is 0. The Morgan fingerprint density at radius 1 is 1.42 bits per heavy atom. The number of carbonyl (C=O) groups is 1. The zero-order chi connectivity index (χ0) is 18.8. The number of carbonyl (C=O) groups excluding carboxylic acids is 1. The van der Waals surface area contributed by atoms with Gasteiger partial charge in [-0.2, -0.15) is 5.10 Å². The molecule has 0 N–H and O–H groups in total. The monoisotopic (exact) mass is 378 g/mol. The van der Waals surface area contributed by atoms with Crippen molar-refractivity contribution in [2.45, 2.75) is 32.2 Å². The van der Waals surface area contributed by atoms with E-state index in [0.717, 1.165) is 38.3 Å². The normalized spacial score (nSPS) is 17.9. The number of likely N-dealkylation sites (tertiary alicyclic amines) is 1. The van der Waals surface area contributed by atoms with Crippen LogP contribution in [0.15, 0.2) is 12.4 Å². The second kappa shape index (κ2) is 7.80. The molecule has 0 bridgehead atoms. The van der Waals surface area contributed by atoms with Gasteiger partial charge in [-0.1, -0.05) is 11.6 Å². The summed E-state index contributed by atoms with van der Waals surface area (Å²) in [6, 6.07) is 0. The number of halogens is 1. The van der Waals surface area contributed by atoms with E-state index < -0.39 is 0 Å². The SMILES string of the molecule is Cc1nn(C)c(C(=O)N2CCC[C@@H](c3nccn3CCN(C)C)C2)c1Cl. The second-order valence-electron chi connectivity index (χ2n) is 7.24. The minimum Gasteiger partial charge on any atom is -0.337 e. The van der Waals surface area contributed by atoms with E-state index in [1.165, 1.54) is 0 Å². The maximum Gasteiger partial charge on any atom is 0.273 e. The van der Waals surface area contributed by atoms with E-state index in [1.807, 2.05) is 24.2 Å². The van der Waals surface area contributed by atoms with E-state index in [1.54, 1.807) is 11.7 Å². The van der Waals surface area contributed by atoms with E-state index in [9.17, 15) is 4.79 Å². The average molecular weight is 379 g/mol. The van der Waals surface area contributed by atoms with E-state index in [-0.39, 0.29) is 11.8 Å². The molecule has 1 aliphatic rings. The zero-order valence-corrected chi connectivity index (χ0v) is 16.7. The van der Waals surface area contributed by atoms with Crippen molar-refractivity contribution in [1.82, 2.24) is 29.1 Å². The molecule has 3 rings (SSSR count). The molecule has 0 unspecified atom stereocenters. The Kier molecular flexibility index (Phi) is 5.67. The number of hydrogen-bond acceptors (Lipinski definition) is 4. The van der Waals surface area contributed by atoms with Gasteiger partial charge in [-0.3, -0.25) is 9.48 Å². The molecule has 142 valence electrons. The summed E-state index contributed by atoms with van der Waals surface area (Å²) in [6.07, 6.45) is 5.89. The van der Waals surface area contributed by atoms with Crippen molar-refractivity contribution >= 4 is 17.5 Å². The maximum atomic E-state index is 13.0. The van der Waals surface area contributed by atoms with Crippen molar-refractivity contribution in [3.63, 3.8) is 0 Å². The Labute approximate surface area is 159 Å². The van der Waals surface area contributed by atoms with Crippen LogP contribution in [0.25, 0.3) is 0 Å². The van der Waals surface area contributed by atoms with Gasteiger partial charge in [0.2, 0.25) is 0 Å². The van der Waals surface area contributed by atoms with E-state index in [4.69, 9.17) is 11.6 Å². The van der Waals surface area contributed by atoms with E-state index >= 15 is 0 Å². The second-order valence-corrected chi connectivity index (χ2v) is 7.62. The van der Waals surface area contributed by atoms with Crippen LogP contribution >= 0.6 is 11.6 Å². The number of piperidine rings is 1. The molecule has 1 saturated heterocycles. The molecule has 0 spiro atoms. The number of amides is 1. The van der Waals surface area contributed by atoms with Gasteiger partial charge in [-0.25, -0.2) is 4.98 Å². The summed E-state index contributed by atoms with van der Waals surface area (Å²) < 4.78 is 3.79. The molecule has 0 aliphatic carbocycles. The molecular formula is C18H27ClN6O. The molecule has 2 aromatic heterocycles. The minimum atomic E-state index is -0.0470. The van der Waals surface area contributed by atoms with Gasteiger partial charge in [0.05, 0.1) is 10.7 Å². The highest BCUT2D eigenvalue weighted by Gasteiger charge is 2.30. The molecule has 0 saturated carbocycles. The quantitative estimate of drug-likeness (QED) is 0.800. The van der Waals surface area contributed by atoms with Gasteiger partial charge in [-0.05, 0) is 33.9 Å². The largest absolute Gasteiger partial charge is 0.337 e. The van der Waals surface area contributed by atoms with Gasteiger partial charge in [-0.15, -0.1) is 0 Å². The summed E-state index contributed by atoms with van der Waals surface area (Å²) in [7, 11) is 5.90. The molecule has 1 amide bonds. The lowest BCUT2D eigenvalue weighted by Crippen LogP contribution is -2.40. The molecule has 0 aromatic carbocycles. The van der Waals surface area contributed by atoms with Crippen molar-refractivity contribution in [2.24, 2.45) is 7.05 Å². The predicted molar refractivity (Wildman–Crippen MR) is 102 cm³/mol. The first-order valence-corrected chi connectivity index (χ1v) is 9.40. The molecule has 1 atom stereocenters. The fourth-order valence-electron chi connectivity index (χ4n) is 3.56. The smallest absolute Gasteiger partial charge is 0.273 e. The summed E-state index contributed by atoms with van der Waals surface area (Å²) >= 11 is 6.31. The summed E-state index contributed by atoms with van der Waals surface area (Å²) in [5.74, 6) is 1.27. The third-order valence-electron chi connectivity index (χ3n) is 4.96. The molecule has 3 heterocycles. The summed E-state index contributed by atoms with van der Waals surface area (Å²) in [5, 5.41) is 4.72. The van der Waals surface area contributed by atoms with E-state index in [2.05, 4.69) is 33.6 Å². The summed E-state index contributed by atoms with van der Waals surface area (Å²) in [5.41, 5.74) is 1.16. The number of rotatable bonds is 5. The highest BCUT2D eigenvalue weighted by Crippen LogP contribution is 2.28. The van der Waals surface area contributed by atoms with Crippen molar-refractivity contribution in [3.05, 3.63) is 34.6 Å². The molecular weight excluding hydrogens is 352 g/mol. The highest BCUT2D eigenvalue weighted by atomic mass is 35.5. The Balaban J connectivity index is 1.76. The van der Waals surface area contributed by atoms with Gasteiger partial charge < -0.3 is 14.4 Å². The fraction of sp³-hybridized carbons (Fsp3) is 0.611. The molecule has 1 fully saturated rings. The zero-order valence-electron chi connectivity index (χ0n) is 15.9. The molecule has 0 radical (unpaired) electrons. The molecule has 1 aliphatic heterocycles. The van der Waals surface area contributed by atoms with E-state index in [0.29, 0.717) is 23.0 Å². The number of aromatic nitrogens is 4. The van der Waals surface area contributed by atoms with Crippen LogP contribution in [0.3, 0.4) is 0 Å². The lowest BCUT2D eigenvalue weighted by atomic mass is 9.96. The minimum absolute atomic E-state index is 0.0470. The fourth-order valence-corrected chi connectivity index (χ4v) is 3.81. The average Bonchev–Trinajstić information content (AvgIpc) is 3.17. The van der Waals surface area contributed by atoms with Crippen LogP contribution in [0.2, 0.25) is 5.02 Å². The molecule has 8 heteroatoms. The van der Waals surface area contributed by atoms with Crippen LogP contribution in [0.4, 0.5) is 0 Å². The van der Waals surface area contributed by atoms with Crippen LogP contribution in [0.1, 0.15) is 40.8 Å². The first-order chi connectivity index (χ1) is 12.4. The number of likely N-dealkylation sites (N-methyl/N-ethyl adjacent to an activating group) is 1. The first-order valence-electron chi connectivity index (χ1n) is 9.02. The van der Waals surface area contributed by atoms with Gasteiger partial charge in [0.25, 0.3) is 5.91 Å². The van der Waals surface area contributed by atoms with Gasteiger partial charge in [0.15, 0.2) is 0 Å². The van der Waals surface area contributed by atoms with Crippen LogP contribution in [-0.4, -0.2) is 68.8 Å². The van der Waals surface area contributed by atoms with Crippen molar-refractivity contribution in [3.8, 4) is 0 Å². The van der Waals surface area contributed by atoms with Gasteiger partial charge >= 0.3 is 0 Å². The van der Waals surface area contributed by atoms with Gasteiger partial charge in [0.1, 0.15) is 11.5 Å². The number of imidazole rings is 1. The van der Waals surface area contributed by atoms with Crippen molar-refractivity contribution in [1.29, 1.82) is 0 Å². The number of nitrogens with zero attached hydrogens (tertiary/aromatic N) is 6. The summed E-state index contributed by atoms with van der Waals surface area (Å²) in [6.45, 7) is 5.09. The maximum absolute atomic E-state index is 13.0. The highest BCUT2D eigenvalue weighted by molar-refractivity contribution is 6.34. The van der Waals surface area contributed by atoms with Gasteiger partial charge in [0, 0.05) is 51.5 Å². The van der Waals surface area contributed by atoms with Crippen LogP contribution in [-0.2, 0) is 13.6 Å². The third kappa shape index (κ3) is 3.78. The van der Waals surface area contributed by atoms with Crippen LogP contribution in [0.5, 0.6) is 0 Å². The van der Waals surface area contributed by atoms with Crippen LogP contribution in [0, 0.1) is 6.92 Å². The Morgan fingerprint density at radius 2 is 2.19 bits per heavy atom. The Bertz CT molecular complexity index is 781. The standard InChI is InChI=1S/C18H27ClN6O/c1-13-15(19)16(23(4)21-13)18(26)25-8-5-6-14(12-25)17-20-7-9-24(17)11-10-22(2)3/h7,9,14H,5-6,8,10-12H2,1-4H3/t14-/m1/s1. The lowest BCUT2D eigenvalue weighted by molar-refractivity contribution is 0.0692. The van der Waals surface area contributed by atoms with Crippen LogP contribution < -0.4 is 0 Å². The Morgan fingerprint density at radius 3 is 2.85 bits per heavy atom. The topological polar surface area (TPSA) is 59.2 Å². The lowest BCUT2D eigenvalue weighted by Gasteiger charge is -2.32. The number of aryl methyl sites for hydroxylation is 2. The molecule has 7 nitrogen and oxygen atoms in total. The van der Waals surface area contributed by atoms with Crippen molar-refractivity contribution in [2.75, 3.05) is 33.7 Å². The molecule has 2 aromatic rings.